The zero-order valence-electron chi connectivity index (χ0n) is 13.5. The summed E-state index contributed by atoms with van der Waals surface area (Å²) in [4.78, 5) is 11.1. The highest BCUT2D eigenvalue weighted by molar-refractivity contribution is 7.98. The summed E-state index contributed by atoms with van der Waals surface area (Å²) in [5.74, 6) is 1.63. The van der Waals surface area contributed by atoms with E-state index in [2.05, 4.69) is 16.9 Å². The standard InChI is InChI=1S/C19H22N2O2S/c20-18(22)21-24-19(13-5-2-6-14-19)15-9-11-17(12-10-15)23-16-7-3-1-4-8-16/h1,3-4,7-12H,2,5-6,13-14H2,(H3,20,21,22). The third-order valence-corrected chi connectivity index (χ3v) is 5.71. The van der Waals surface area contributed by atoms with Gasteiger partial charge < -0.3 is 10.5 Å². The van der Waals surface area contributed by atoms with Gasteiger partial charge in [-0.2, -0.15) is 0 Å². The van der Waals surface area contributed by atoms with Crippen molar-refractivity contribution in [1.29, 1.82) is 0 Å². The molecule has 5 heteroatoms. The van der Waals surface area contributed by atoms with Gasteiger partial charge in [-0.3, -0.25) is 4.72 Å². The lowest BCUT2D eigenvalue weighted by atomic mass is 9.83. The van der Waals surface area contributed by atoms with Crippen molar-refractivity contribution in [3.8, 4) is 11.5 Å². The van der Waals surface area contributed by atoms with Gasteiger partial charge in [-0.15, -0.1) is 0 Å². The average Bonchev–Trinajstić information content (AvgIpc) is 2.62. The summed E-state index contributed by atoms with van der Waals surface area (Å²) in [5.41, 5.74) is 6.48. The molecule has 0 aliphatic heterocycles. The minimum absolute atomic E-state index is 0.0987. The highest BCUT2D eigenvalue weighted by atomic mass is 32.2. The average molecular weight is 342 g/mol. The molecule has 1 aliphatic carbocycles. The van der Waals surface area contributed by atoms with Crippen molar-refractivity contribution >= 4 is 18.0 Å². The molecule has 4 nitrogen and oxygen atoms in total. The topological polar surface area (TPSA) is 64.4 Å². The van der Waals surface area contributed by atoms with Crippen LogP contribution in [0.3, 0.4) is 0 Å². The number of urea groups is 1. The number of ether oxygens (including phenoxy) is 1. The van der Waals surface area contributed by atoms with Crippen molar-refractivity contribution in [2.45, 2.75) is 36.9 Å². The molecule has 2 aromatic rings. The second-order valence-electron chi connectivity index (χ2n) is 6.06. The van der Waals surface area contributed by atoms with Gasteiger partial charge in [0.1, 0.15) is 11.5 Å². The Bertz CT molecular complexity index is 668. The maximum absolute atomic E-state index is 11.1. The van der Waals surface area contributed by atoms with Gasteiger partial charge in [0.25, 0.3) is 0 Å². The van der Waals surface area contributed by atoms with E-state index in [9.17, 15) is 4.79 Å². The number of hydrogen-bond donors (Lipinski definition) is 2. The molecule has 126 valence electrons. The Balaban J connectivity index is 1.77. The van der Waals surface area contributed by atoms with E-state index in [1.54, 1.807) is 0 Å². The third-order valence-electron chi connectivity index (χ3n) is 4.37. The number of hydrogen-bond acceptors (Lipinski definition) is 3. The molecular formula is C19H22N2O2S. The lowest BCUT2D eigenvalue weighted by Crippen LogP contribution is -2.33. The lowest BCUT2D eigenvalue weighted by molar-refractivity contribution is 0.254. The first-order valence-corrected chi connectivity index (χ1v) is 9.06. The Labute approximate surface area is 146 Å². The molecule has 1 fully saturated rings. The van der Waals surface area contributed by atoms with Crippen LogP contribution in [-0.2, 0) is 4.75 Å². The van der Waals surface area contributed by atoms with E-state index in [1.165, 1.54) is 23.9 Å². The van der Waals surface area contributed by atoms with Crippen molar-refractivity contribution < 1.29 is 9.53 Å². The van der Waals surface area contributed by atoms with Crippen LogP contribution in [0.25, 0.3) is 0 Å². The first kappa shape index (κ1) is 16.7. The zero-order valence-corrected chi connectivity index (χ0v) is 14.4. The van der Waals surface area contributed by atoms with Gasteiger partial charge in [0.05, 0.1) is 4.75 Å². The largest absolute Gasteiger partial charge is 0.457 e. The quantitative estimate of drug-likeness (QED) is 0.755. The number of primary amides is 1. The third kappa shape index (κ3) is 4.03. The maximum atomic E-state index is 11.1. The molecule has 0 bridgehead atoms. The molecule has 3 N–H and O–H groups in total. The predicted octanol–water partition coefficient (Wildman–Crippen LogP) is 4.95. The molecule has 0 unspecified atom stereocenters. The molecule has 0 radical (unpaired) electrons. The summed E-state index contributed by atoms with van der Waals surface area (Å²) in [6.45, 7) is 0. The second kappa shape index (κ2) is 7.62. The Morgan fingerprint density at radius 2 is 1.58 bits per heavy atom. The zero-order chi connectivity index (χ0) is 16.8. The summed E-state index contributed by atoms with van der Waals surface area (Å²) in [6.07, 6.45) is 5.65. The Morgan fingerprint density at radius 1 is 0.958 bits per heavy atom. The molecule has 1 aliphatic rings. The fourth-order valence-electron chi connectivity index (χ4n) is 3.17. The van der Waals surface area contributed by atoms with Crippen LogP contribution < -0.4 is 15.2 Å². The van der Waals surface area contributed by atoms with Crippen molar-refractivity contribution in [3.05, 3.63) is 60.2 Å². The number of amides is 2. The number of carbonyl (C=O) groups is 1. The highest BCUT2D eigenvalue weighted by Gasteiger charge is 2.35. The summed E-state index contributed by atoms with van der Waals surface area (Å²) in [5, 5.41) is 0. The van der Waals surface area contributed by atoms with Crippen molar-refractivity contribution in [3.63, 3.8) is 0 Å². The van der Waals surface area contributed by atoms with Gasteiger partial charge in [0, 0.05) is 0 Å². The van der Waals surface area contributed by atoms with Gasteiger partial charge in [-0.25, -0.2) is 4.79 Å². The minimum atomic E-state index is -0.492. The Kier molecular flexibility index (Phi) is 5.30. The van der Waals surface area contributed by atoms with Crippen LogP contribution in [0.1, 0.15) is 37.7 Å². The smallest absolute Gasteiger partial charge is 0.322 e. The normalized spacial score (nSPS) is 16.3. The number of benzene rings is 2. The first-order chi connectivity index (χ1) is 11.7. The van der Waals surface area contributed by atoms with Gasteiger partial charge in [-0.1, -0.05) is 49.6 Å². The fraction of sp³-hybridized carbons (Fsp3) is 0.316. The van der Waals surface area contributed by atoms with E-state index in [4.69, 9.17) is 10.5 Å². The summed E-state index contributed by atoms with van der Waals surface area (Å²) in [7, 11) is 0. The molecule has 2 aromatic carbocycles. The van der Waals surface area contributed by atoms with Crippen molar-refractivity contribution in [1.82, 2.24) is 4.72 Å². The fourth-order valence-corrected chi connectivity index (χ4v) is 4.21. The minimum Gasteiger partial charge on any atom is -0.457 e. The van der Waals surface area contributed by atoms with Gasteiger partial charge in [0.15, 0.2) is 0 Å². The van der Waals surface area contributed by atoms with Crippen LogP contribution in [0.5, 0.6) is 11.5 Å². The molecule has 0 spiro atoms. The van der Waals surface area contributed by atoms with E-state index in [1.807, 2.05) is 42.5 Å². The number of carbonyl (C=O) groups excluding carboxylic acids is 1. The number of nitrogens with one attached hydrogen (secondary N) is 1. The number of para-hydroxylation sites is 1. The summed E-state index contributed by atoms with van der Waals surface area (Å²) >= 11 is 1.45. The SMILES string of the molecule is NC(=O)NSC1(c2ccc(Oc3ccccc3)cc2)CCCCC1. The van der Waals surface area contributed by atoms with Crippen LogP contribution in [0.2, 0.25) is 0 Å². The molecule has 24 heavy (non-hydrogen) atoms. The van der Waals surface area contributed by atoms with Crippen molar-refractivity contribution in [2.24, 2.45) is 5.73 Å². The van der Waals surface area contributed by atoms with Crippen LogP contribution in [0, 0.1) is 0 Å². The Morgan fingerprint density at radius 3 is 2.21 bits per heavy atom. The predicted molar refractivity (Wildman–Crippen MR) is 98.0 cm³/mol. The summed E-state index contributed by atoms with van der Waals surface area (Å²) < 4.78 is 8.49. The van der Waals surface area contributed by atoms with E-state index >= 15 is 0 Å². The van der Waals surface area contributed by atoms with Gasteiger partial charge >= 0.3 is 6.03 Å². The molecule has 0 atom stereocenters. The molecule has 1 saturated carbocycles. The van der Waals surface area contributed by atoms with Crippen LogP contribution in [0.15, 0.2) is 54.6 Å². The molecule has 0 aromatic heterocycles. The van der Waals surface area contributed by atoms with Gasteiger partial charge in [0.2, 0.25) is 0 Å². The number of nitrogens with two attached hydrogens (primary N) is 1. The first-order valence-electron chi connectivity index (χ1n) is 8.25. The molecule has 2 amide bonds. The van der Waals surface area contributed by atoms with Gasteiger partial charge in [-0.05, 0) is 54.6 Å². The summed E-state index contributed by atoms with van der Waals surface area (Å²) in [6, 6.07) is 17.4. The number of rotatable bonds is 5. The monoisotopic (exact) mass is 342 g/mol. The van der Waals surface area contributed by atoms with Crippen LogP contribution in [-0.4, -0.2) is 6.03 Å². The molecule has 0 heterocycles. The van der Waals surface area contributed by atoms with Crippen LogP contribution in [0.4, 0.5) is 4.79 Å². The van der Waals surface area contributed by atoms with E-state index in [0.717, 1.165) is 37.2 Å². The lowest BCUT2D eigenvalue weighted by Gasteiger charge is -2.36. The van der Waals surface area contributed by atoms with Crippen LogP contribution >= 0.6 is 11.9 Å². The highest BCUT2D eigenvalue weighted by Crippen LogP contribution is 2.47. The Hall–Kier alpha value is -2.14. The van der Waals surface area contributed by atoms with E-state index in [0.29, 0.717) is 0 Å². The van der Waals surface area contributed by atoms with E-state index in [-0.39, 0.29) is 4.75 Å². The van der Waals surface area contributed by atoms with E-state index < -0.39 is 6.03 Å². The molecule has 3 rings (SSSR count). The molecular weight excluding hydrogens is 320 g/mol. The second-order valence-corrected chi connectivity index (χ2v) is 7.25. The molecule has 0 saturated heterocycles. The maximum Gasteiger partial charge on any atom is 0.322 e. The van der Waals surface area contributed by atoms with Crippen molar-refractivity contribution in [2.75, 3.05) is 0 Å².